The van der Waals surface area contributed by atoms with Crippen LogP contribution in [0.3, 0.4) is 0 Å². The van der Waals surface area contributed by atoms with Crippen molar-refractivity contribution < 1.29 is 19.1 Å². The minimum Gasteiger partial charge on any atom is -0.469 e. The zero-order valence-corrected chi connectivity index (χ0v) is 12.8. The lowest BCUT2D eigenvalue weighted by Crippen LogP contribution is -2.18. The maximum Gasteiger partial charge on any atom is 0.306 e. The van der Waals surface area contributed by atoms with Crippen molar-refractivity contribution in [2.45, 2.75) is 6.42 Å². The van der Waals surface area contributed by atoms with Gasteiger partial charge in [0.15, 0.2) is 0 Å². The molecule has 1 rings (SSSR count). The van der Waals surface area contributed by atoms with Crippen LogP contribution in [0.2, 0.25) is 0 Å². The number of carbonyl (C=O) groups excluding carboxylic acids is 3. The Balaban J connectivity index is 2.34. The van der Waals surface area contributed by atoms with E-state index in [2.05, 4.69) is 15.4 Å². The molecule has 0 fully saturated rings. The van der Waals surface area contributed by atoms with Gasteiger partial charge in [-0.15, -0.1) is 0 Å². The third-order valence-electron chi connectivity index (χ3n) is 2.57. The number of benzene rings is 1. The van der Waals surface area contributed by atoms with Gasteiger partial charge in [0.2, 0.25) is 5.91 Å². The van der Waals surface area contributed by atoms with Gasteiger partial charge >= 0.3 is 5.97 Å². The molecule has 6 nitrogen and oxygen atoms in total. The van der Waals surface area contributed by atoms with Gasteiger partial charge in [-0.25, -0.2) is 0 Å². The molecule has 1 aromatic carbocycles. The van der Waals surface area contributed by atoms with Crippen LogP contribution in [-0.2, 0) is 14.3 Å². The minimum absolute atomic E-state index is 0.155. The lowest BCUT2D eigenvalue weighted by Gasteiger charge is -2.06. The van der Waals surface area contributed by atoms with E-state index in [-0.39, 0.29) is 30.0 Å². The van der Waals surface area contributed by atoms with Crippen LogP contribution in [-0.4, -0.2) is 43.4 Å². The molecule has 0 aliphatic carbocycles. The molecule has 7 heteroatoms. The molecule has 0 saturated carbocycles. The van der Waals surface area contributed by atoms with Crippen molar-refractivity contribution >= 4 is 35.2 Å². The van der Waals surface area contributed by atoms with Crippen LogP contribution in [0.15, 0.2) is 24.3 Å². The topological polar surface area (TPSA) is 84.5 Å². The first-order valence-electron chi connectivity index (χ1n) is 6.33. The highest BCUT2D eigenvalue weighted by molar-refractivity contribution is 7.99. The van der Waals surface area contributed by atoms with Gasteiger partial charge in [-0.1, -0.05) is 0 Å². The van der Waals surface area contributed by atoms with E-state index in [0.29, 0.717) is 17.0 Å². The minimum atomic E-state index is -0.285. The van der Waals surface area contributed by atoms with Crippen molar-refractivity contribution in [3.63, 3.8) is 0 Å². The molecule has 21 heavy (non-hydrogen) atoms. The zero-order chi connectivity index (χ0) is 15.7. The summed E-state index contributed by atoms with van der Waals surface area (Å²) in [7, 11) is 2.89. The Morgan fingerprint density at radius 1 is 1.19 bits per heavy atom. The molecule has 0 aromatic heterocycles. The molecular weight excluding hydrogens is 292 g/mol. The van der Waals surface area contributed by atoms with E-state index in [1.54, 1.807) is 31.3 Å². The van der Waals surface area contributed by atoms with Gasteiger partial charge in [-0.05, 0) is 24.3 Å². The fourth-order valence-corrected chi connectivity index (χ4v) is 2.18. The van der Waals surface area contributed by atoms with Crippen LogP contribution in [0.1, 0.15) is 16.8 Å². The number of methoxy groups -OCH3 is 1. The van der Waals surface area contributed by atoms with Gasteiger partial charge in [0.05, 0.1) is 19.3 Å². The summed E-state index contributed by atoms with van der Waals surface area (Å²) in [5, 5.41) is 5.24. The molecule has 0 saturated heterocycles. The molecule has 0 atom stereocenters. The molecule has 0 heterocycles. The van der Waals surface area contributed by atoms with Gasteiger partial charge in [-0.2, -0.15) is 11.8 Å². The van der Waals surface area contributed by atoms with Crippen molar-refractivity contribution in [3.05, 3.63) is 29.8 Å². The van der Waals surface area contributed by atoms with Crippen LogP contribution in [0.25, 0.3) is 0 Å². The fraction of sp³-hybridized carbons (Fsp3) is 0.357. The average Bonchev–Trinajstić information content (AvgIpc) is 2.51. The number of esters is 1. The van der Waals surface area contributed by atoms with E-state index in [0.717, 1.165) is 0 Å². The molecule has 0 spiro atoms. The molecule has 0 aliphatic heterocycles. The van der Waals surface area contributed by atoms with Crippen LogP contribution >= 0.6 is 11.8 Å². The number of anilines is 1. The van der Waals surface area contributed by atoms with E-state index in [1.807, 2.05) is 0 Å². The SMILES string of the molecule is CNC(=O)c1ccc(NC(=O)CSCCC(=O)OC)cc1. The Kier molecular flexibility index (Phi) is 7.31. The Morgan fingerprint density at radius 2 is 1.86 bits per heavy atom. The fourth-order valence-electron chi connectivity index (χ4n) is 1.47. The smallest absolute Gasteiger partial charge is 0.306 e. The van der Waals surface area contributed by atoms with E-state index >= 15 is 0 Å². The van der Waals surface area contributed by atoms with Gasteiger partial charge in [0.1, 0.15) is 0 Å². The Bertz CT molecular complexity index is 502. The number of rotatable bonds is 7. The third kappa shape index (κ3) is 6.31. The molecule has 2 amide bonds. The number of hydrogen-bond acceptors (Lipinski definition) is 5. The summed E-state index contributed by atoms with van der Waals surface area (Å²) in [6.07, 6.45) is 0.287. The zero-order valence-electron chi connectivity index (χ0n) is 12.0. The normalized spacial score (nSPS) is 9.81. The quantitative estimate of drug-likeness (QED) is 0.585. The average molecular weight is 310 g/mol. The number of carbonyl (C=O) groups is 3. The first kappa shape index (κ1) is 17.0. The van der Waals surface area contributed by atoms with Crippen molar-refractivity contribution in [2.24, 2.45) is 0 Å². The van der Waals surface area contributed by atoms with Crippen LogP contribution in [0.5, 0.6) is 0 Å². The van der Waals surface area contributed by atoms with Crippen molar-refractivity contribution in [3.8, 4) is 0 Å². The lowest BCUT2D eigenvalue weighted by atomic mass is 10.2. The predicted molar refractivity (Wildman–Crippen MR) is 82.4 cm³/mol. The highest BCUT2D eigenvalue weighted by Crippen LogP contribution is 2.11. The standard InChI is InChI=1S/C14H18N2O4S/c1-15-14(19)10-3-5-11(6-4-10)16-12(17)9-21-8-7-13(18)20-2/h3-6H,7-9H2,1-2H3,(H,15,19)(H,16,17). The van der Waals surface area contributed by atoms with Gasteiger partial charge in [0, 0.05) is 24.1 Å². The maximum atomic E-state index is 11.7. The van der Waals surface area contributed by atoms with Crippen LogP contribution < -0.4 is 10.6 Å². The second-order valence-electron chi connectivity index (χ2n) is 4.08. The largest absolute Gasteiger partial charge is 0.469 e. The highest BCUT2D eigenvalue weighted by atomic mass is 32.2. The van der Waals surface area contributed by atoms with Crippen LogP contribution in [0.4, 0.5) is 5.69 Å². The lowest BCUT2D eigenvalue weighted by molar-refractivity contribution is -0.140. The summed E-state index contributed by atoms with van der Waals surface area (Å²) in [6, 6.07) is 6.61. The van der Waals surface area contributed by atoms with E-state index in [9.17, 15) is 14.4 Å². The Morgan fingerprint density at radius 3 is 2.43 bits per heavy atom. The van der Waals surface area contributed by atoms with Gasteiger partial charge in [-0.3, -0.25) is 14.4 Å². The van der Waals surface area contributed by atoms with Gasteiger partial charge < -0.3 is 15.4 Å². The summed E-state index contributed by atoms with van der Waals surface area (Å²) in [4.78, 5) is 33.9. The molecule has 114 valence electrons. The highest BCUT2D eigenvalue weighted by Gasteiger charge is 2.06. The molecular formula is C14H18N2O4S. The number of nitrogens with one attached hydrogen (secondary N) is 2. The predicted octanol–water partition coefficient (Wildman–Crippen LogP) is 1.28. The Labute approximate surface area is 127 Å². The molecule has 2 N–H and O–H groups in total. The molecule has 1 aromatic rings. The monoisotopic (exact) mass is 310 g/mol. The third-order valence-corrected chi connectivity index (χ3v) is 3.53. The molecule has 0 bridgehead atoms. The van der Waals surface area contributed by atoms with Crippen LogP contribution in [0, 0.1) is 0 Å². The van der Waals surface area contributed by atoms with Crippen molar-refractivity contribution in [1.82, 2.24) is 5.32 Å². The summed E-state index contributed by atoms with van der Waals surface area (Å²) < 4.78 is 4.51. The molecule has 0 radical (unpaired) electrons. The molecule has 0 unspecified atom stereocenters. The summed E-state index contributed by atoms with van der Waals surface area (Å²) in [5.41, 5.74) is 1.16. The number of ether oxygens (including phenoxy) is 1. The van der Waals surface area contributed by atoms with Crippen molar-refractivity contribution in [2.75, 3.05) is 31.0 Å². The second-order valence-corrected chi connectivity index (χ2v) is 5.19. The van der Waals surface area contributed by atoms with E-state index in [4.69, 9.17) is 0 Å². The van der Waals surface area contributed by atoms with Gasteiger partial charge in [0.25, 0.3) is 5.91 Å². The Hall–Kier alpha value is -2.02. The first-order chi connectivity index (χ1) is 10.1. The van der Waals surface area contributed by atoms with Crippen molar-refractivity contribution in [1.29, 1.82) is 0 Å². The summed E-state index contributed by atoms with van der Waals surface area (Å²) >= 11 is 1.36. The first-order valence-corrected chi connectivity index (χ1v) is 7.49. The van der Waals surface area contributed by atoms with E-state index < -0.39 is 0 Å². The number of hydrogen-bond donors (Lipinski definition) is 2. The number of thioether (sulfide) groups is 1. The maximum absolute atomic E-state index is 11.7. The second kappa shape index (κ2) is 9.02. The summed E-state index contributed by atoms with van der Waals surface area (Å²) in [6.45, 7) is 0. The number of amides is 2. The van der Waals surface area contributed by atoms with E-state index in [1.165, 1.54) is 18.9 Å². The molecule has 0 aliphatic rings. The summed E-state index contributed by atoms with van der Waals surface area (Å²) in [5.74, 6) is 0.181.